The van der Waals surface area contributed by atoms with Gasteiger partial charge < -0.3 is 19.9 Å². The molecule has 20 heavy (non-hydrogen) atoms. The van der Waals surface area contributed by atoms with E-state index >= 15 is 0 Å². The number of benzene rings is 1. The molecule has 0 aromatic heterocycles. The molecule has 0 fully saturated rings. The molecule has 0 saturated carbocycles. The highest BCUT2D eigenvalue weighted by molar-refractivity contribution is 5.48. The summed E-state index contributed by atoms with van der Waals surface area (Å²) in [6.45, 7) is 4.77. The van der Waals surface area contributed by atoms with Crippen LogP contribution in [0.5, 0.6) is 11.5 Å². The molecule has 1 aromatic rings. The van der Waals surface area contributed by atoms with Crippen molar-refractivity contribution in [2.75, 3.05) is 26.8 Å². The zero-order valence-corrected chi connectivity index (χ0v) is 11.9. The number of non-ortho nitro benzene ring substituents is 1. The number of methoxy groups -OCH3 is 1. The Labute approximate surface area is 117 Å². The maximum atomic E-state index is 10.7. The lowest BCUT2D eigenvalue weighted by Crippen LogP contribution is -2.42. The normalized spacial score (nSPS) is 13.6. The van der Waals surface area contributed by atoms with Crippen LogP contribution >= 0.6 is 0 Å². The van der Waals surface area contributed by atoms with E-state index in [0.717, 1.165) is 6.54 Å². The molecule has 7 heteroatoms. The largest absolute Gasteiger partial charge is 0.493 e. The van der Waals surface area contributed by atoms with Crippen molar-refractivity contribution >= 4 is 5.69 Å². The highest BCUT2D eigenvalue weighted by Gasteiger charge is 2.22. The van der Waals surface area contributed by atoms with Crippen LogP contribution in [0.1, 0.15) is 13.8 Å². The third-order valence-corrected chi connectivity index (χ3v) is 2.65. The highest BCUT2D eigenvalue weighted by Crippen LogP contribution is 2.31. The third kappa shape index (κ3) is 4.67. The lowest BCUT2D eigenvalue weighted by atomic mass is 10.1. The lowest BCUT2D eigenvalue weighted by Gasteiger charge is -2.24. The maximum Gasteiger partial charge on any atom is 0.273 e. The summed E-state index contributed by atoms with van der Waals surface area (Å²) < 4.78 is 10.5. The lowest BCUT2D eigenvalue weighted by molar-refractivity contribution is -0.385. The third-order valence-electron chi connectivity index (χ3n) is 2.65. The summed E-state index contributed by atoms with van der Waals surface area (Å²) in [5.74, 6) is 0.619. The van der Waals surface area contributed by atoms with Crippen LogP contribution in [-0.2, 0) is 0 Å². The van der Waals surface area contributed by atoms with Crippen LogP contribution in [0.4, 0.5) is 5.69 Å². The first kappa shape index (κ1) is 16.2. The predicted molar refractivity (Wildman–Crippen MR) is 74.3 cm³/mol. The molecule has 0 bridgehead atoms. The minimum absolute atomic E-state index is 0.0498. The summed E-state index contributed by atoms with van der Waals surface area (Å²) in [4.78, 5) is 10.2. The molecule has 7 nitrogen and oxygen atoms in total. The molecule has 1 rings (SSSR count). The van der Waals surface area contributed by atoms with Gasteiger partial charge in [-0.2, -0.15) is 0 Å². The van der Waals surface area contributed by atoms with Gasteiger partial charge in [0.05, 0.1) is 18.1 Å². The zero-order chi connectivity index (χ0) is 15.2. The number of ether oxygens (including phenoxy) is 2. The van der Waals surface area contributed by atoms with E-state index in [2.05, 4.69) is 5.32 Å². The number of hydrogen-bond acceptors (Lipinski definition) is 6. The number of nitro groups is 1. The van der Waals surface area contributed by atoms with Gasteiger partial charge in [0.15, 0.2) is 11.5 Å². The summed E-state index contributed by atoms with van der Waals surface area (Å²) >= 11 is 0. The van der Waals surface area contributed by atoms with E-state index in [1.54, 1.807) is 6.92 Å². The number of rotatable bonds is 8. The van der Waals surface area contributed by atoms with Gasteiger partial charge in [-0.1, -0.05) is 6.92 Å². The molecule has 0 heterocycles. The van der Waals surface area contributed by atoms with Gasteiger partial charge in [0.1, 0.15) is 12.2 Å². The fourth-order valence-electron chi connectivity index (χ4n) is 1.57. The van der Waals surface area contributed by atoms with Crippen LogP contribution in [-0.4, -0.2) is 42.4 Å². The Morgan fingerprint density at radius 2 is 2.15 bits per heavy atom. The van der Waals surface area contributed by atoms with E-state index in [1.807, 2.05) is 6.92 Å². The van der Waals surface area contributed by atoms with Crippen molar-refractivity contribution in [3.8, 4) is 11.5 Å². The van der Waals surface area contributed by atoms with Gasteiger partial charge in [-0.05, 0) is 19.5 Å². The number of aliphatic hydroxyl groups is 1. The summed E-state index contributed by atoms with van der Waals surface area (Å²) in [7, 11) is 1.41. The van der Waals surface area contributed by atoms with Crippen molar-refractivity contribution in [2.45, 2.75) is 19.4 Å². The van der Waals surface area contributed by atoms with Gasteiger partial charge in [-0.3, -0.25) is 10.1 Å². The molecule has 1 aromatic carbocycles. The Balaban J connectivity index is 2.75. The van der Waals surface area contributed by atoms with Gasteiger partial charge >= 0.3 is 0 Å². The quantitative estimate of drug-likeness (QED) is 0.552. The van der Waals surface area contributed by atoms with Crippen molar-refractivity contribution in [1.29, 1.82) is 0 Å². The first-order valence-corrected chi connectivity index (χ1v) is 6.28. The van der Waals surface area contributed by atoms with Crippen molar-refractivity contribution < 1.29 is 19.5 Å². The van der Waals surface area contributed by atoms with Gasteiger partial charge in [-0.25, -0.2) is 0 Å². The summed E-state index contributed by atoms with van der Waals surface area (Å²) in [5.41, 5.74) is -1.11. The molecule has 112 valence electrons. The molecule has 1 unspecified atom stereocenters. The predicted octanol–water partition coefficient (Wildman–Crippen LogP) is 1.34. The number of likely N-dealkylation sites (N-methyl/N-ethyl adjacent to an activating group) is 1. The minimum Gasteiger partial charge on any atom is -0.493 e. The van der Waals surface area contributed by atoms with Crippen LogP contribution in [0.25, 0.3) is 0 Å². The number of nitro benzene ring substituents is 1. The second kappa shape index (κ2) is 7.06. The first-order chi connectivity index (χ1) is 9.39. The van der Waals surface area contributed by atoms with E-state index in [0.29, 0.717) is 12.3 Å². The van der Waals surface area contributed by atoms with Gasteiger partial charge in [0.25, 0.3) is 5.69 Å². The molecule has 0 amide bonds. The molecule has 1 atom stereocenters. The van der Waals surface area contributed by atoms with E-state index in [-0.39, 0.29) is 18.0 Å². The summed E-state index contributed by atoms with van der Waals surface area (Å²) in [5, 5.41) is 23.8. The molecule has 0 aliphatic heterocycles. The molecule has 0 radical (unpaired) electrons. The fourth-order valence-corrected chi connectivity index (χ4v) is 1.57. The van der Waals surface area contributed by atoms with Crippen molar-refractivity contribution in [3.05, 3.63) is 28.3 Å². The van der Waals surface area contributed by atoms with E-state index in [4.69, 9.17) is 9.47 Å². The van der Waals surface area contributed by atoms with E-state index in [1.165, 1.54) is 25.3 Å². The zero-order valence-electron chi connectivity index (χ0n) is 11.9. The smallest absolute Gasteiger partial charge is 0.273 e. The van der Waals surface area contributed by atoms with Gasteiger partial charge in [0, 0.05) is 12.6 Å². The topological polar surface area (TPSA) is 93.9 Å². The van der Waals surface area contributed by atoms with Gasteiger partial charge in [0.2, 0.25) is 0 Å². The molecule has 0 aliphatic rings. The standard InChI is InChI=1S/C13H20N2O5/c1-4-14-8-13(2,16)9-20-11-6-5-10(15(17)18)7-12(11)19-3/h5-7,14,16H,4,8-9H2,1-3H3. The van der Waals surface area contributed by atoms with E-state index in [9.17, 15) is 15.2 Å². The number of hydrogen-bond donors (Lipinski definition) is 2. The molecule has 0 saturated heterocycles. The van der Waals surface area contributed by atoms with Crippen LogP contribution < -0.4 is 14.8 Å². The molecule has 0 aliphatic carbocycles. The monoisotopic (exact) mass is 284 g/mol. The Kier molecular flexibility index (Phi) is 5.72. The van der Waals surface area contributed by atoms with Crippen LogP contribution in [0.15, 0.2) is 18.2 Å². The van der Waals surface area contributed by atoms with Crippen LogP contribution in [0, 0.1) is 10.1 Å². The van der Waals surface area contributed by atoms with Crippen molar-refractivity contribution in [2.24, 2.45) is 0 Å². The average molecular weight is 284 g/mol. The molecule has 0 spiro atoms. The number of nitrogens with zero attached hydrogens (tertiary/aromatic N) is 1. The second-order valence-electron chi connectivity index (χ2n) is 4.66. The van der Waals surface area contributed by atoms with Crippen molar-refractivity contribution in [3.63, 3.8) is 0 Å². The fraction of sp³-hybridized carbons (Fsp3) is 0.538. The first-order valence-electron chi connectivity index (χ1n) is 6.28. The molecular formula is C13H20N2O5. The Hall–Kier alpha value is -1.86. The summed E-state index contributed by atoms with van der Waals surface area (Å²) in [6, 6.07) is 4.07. The summed E-state index contributed by atoms with van der Waals surface area (Å²) in [6.07, 6.45) is 0. The Bertz CT molecular complexity index is 462. The molecule has 2 N–H and O–H groups in total. The molecular weight excluding hydrogens is 264 g/mol. The van der Waals surface area contributed by atoms with Crippen molar-refractivity contribution in [1.82, 2.24) is 5.32 Å². The van der Waals surface area contributed by atoms with Crippen LogP contribution in [0.2, 0.25) is 0 Å². The SMILES string of the molecule is CCNCC(C)(O)COc1ccc([N+](=O)[O-])cc1OC. The average Bonchev–Trinajstić information content (AvgIpc) is 2.42. The Morgan fingerprint density at radius 1 is 1.45 bits per heavy atom. The maximum absolute atomic E-state index is 10.7. The van der Waals surface area contributed by atoms with Crippen LogP contribution in [0.3, 0.4) is 0 Å². The highest BCUT2D eigenvalue weighted by atomic mass is 16.6. The number of nitrogens with one attached hydrogen (secondary N) is 1. The minimum atomic E-state index is -1.04. The van der Waals surface area contributed by atoms with E-state index < -0.39 is 10.5 Å². The Morgan fingerprint density at radius 3 is 2.70 bits per heavy atom. The van der Waals surface area contributed by atoms with Gasteiger partial charge in [-0.15, -0.1) is 0 Å². The second-order valence-corrected chi connectivity index (χ2v) is 4.66.